The van der Waals surface area contributed by atoms with Gasteiger partial charge in [0.25, 0.3) is 0 Å². The first kappa shape index (κ1) is 14.9. The van der Waals surface area contributed by atoms with E-state index in [1.165, 1.54) is 16.0 Å². The van der Waals surface area contributed by atoms with E-state index < -0.39 is 0 Å². The molecule has 1 aromatic carbocycles. The summed E-state index contributed by atoms with van der Waals surface area (Å²) in [4.78, 5) is 12.9. The van der Waals surface area contributed by atoms with Crippen LogP contribution < -0.4 is 0 Å². The summed E-state index contributed by atoms with van der Waals surface area (Å²) >= 11 is 1.81. The fraction of sp³-hybridized carbons (Fsp3) is 0.211. The van der Waals surface area contributed by atoms with Crippen molar-refractivity contribution < 1.29 is 4.79 Å². The highest BCUT2D eigenvalue weighted by molar-refractivity contribution is 7.99. The molecule has 0 aliphatic heterocycles. The van der Waals surface area contributed by atoms with Gasteiger partial charge < -0.3 is 4.40 Å². The molecule has 0 aliphatic rings. The van der Waals surface area contributed by atoms with Crippen LogP contribution in [0.1, 0.15) is 28.5 Å². The van der Waals surface area contributed by atoms with Gasteiger partial charge in [-0.3, -0.25) is 4.79 Å². The van der Waals surface area contributed by atoms with Crippen LogP contribution in [-0.2, 0) is 0 Å². The van der Waals surface area contributed by atoms with E-state index in [4.69, 9.17) is 0 Å². The third kappa shape index (κ3) is 2.57. The van der Waals surface area contributed by atoms with Crippen molar-refractivity contribution >= 4 is 23.6 Å². The summed E-state index contributed by atoms with van der Waals surface area (Å²) in [6, 6.07) is 12.7. The number of thioether (sulfide) groups is 1. The smallest absolute Gasteiger partial charge is 0.167 e. The average molecular weight is 309 g/mol. The van der Waals surface area contributed by atoms with Gasteiger partial charge in [-0.25, -0.2) is 0 Å². The summed E-state index contributed by atoms with van der Waals surface area (Å²) in [7, 11) is 0. The zero-order chi connectivity index (χ0) is 15.7. The van der Waals surface area contributed by atoms with Crippen molar-refractivity contribution in [3.05, 3.63) is 59.4 Å². The molecule has 0 bridgehead atoms. The zero-order valence-corrected chi connectivity index (χ0v) is 13.9. The van der Waals surface area contributed by atoms with E-state index in [9.17, 15) is 4.79 Å². The minimum atomic E-state index is 0.721. The molecule has 3 heteroatoms. The second kappa shape index (κ2) is 6.01. The molecule has 22 heavy (non-hydrogen) atoms. The van der Waals surface area contributed by atoms with E-state index in [0.717, 1.165) is 34.4 Å². The van der Waals surface area contributed by atoms with E-state index in [1.807, 2.05) is 28.4 Å². The van der Waals surface area contributed by atoms with Crippen LogP contribution in [0, 0.1) is 13.8 Å². The third-order valence-electron chi connectivity index (χ3n) is 3.80. The van der Waals surface area contributed by atoms with Crippen molar-refractivity contribution in [1.82, 2.24) is 4.40 Å². The van der Waals surface area contributed by atoms with Gasteiger partial charge in [0, 0.05) is 22.2 Å². The van der Waals surface area contributed by atoms with Gasteiger partial charge in [-0.2, -0.15) is 0 Å². The van der Waals surface area contributed by atoms with E-state index in [2.05, 4.69) is 51.1 Å². The van der Waals surface area contributed by atoms with Crippen LogP contribution in [0.5, 0.6) is 0 Å². The summed E-state index contributed by atoms with van der Waals surface area (Å²) in [5.74, 6) is 1.01. The lowest BCUT2D eigenvalue weighted by Crippen LogP contribution is -1.93. The summed E-state index contributed by atoms with van der Waals surface area (Å²) in [5, 5.41) is 0. The van der Waals surface area contributed by atoms with Gasteiger partial charge in [-0.1, -0.05) is 24.6 Å². The number of fused-ring (bicyclic) bond motifs is 1. The molecule has 0 unspecified atom stereocenters. The van der Waals surface area contributed by atoms with Crippen LogP contribution in [0.4, 0.5) is 0 Å². The lowest BCUT2D eigenvalue weighted by atomic mass is 10.0. The van der Waals surface area contributed by atoms with E-state index in [-0.39, 0.29) is 0 Å². The predicted molar refractivity (Wildman–Crippen MR) is 94.1 cm³/mol. The SMILES string of the molecule is CCSc1ccc(C)cc1-c1cc2cc(C)ccn2c1C=O. The van der Waals surface area contributed by atoms with Crippen LogP contribution in [0.15, 0.2) is 47.5 Å². The zero-order valence-electron chi connectivity index (χ0n) is 13.1. The number of nitrogens with zero attached hydrogens (tertiary/aromatic N) is 1. The fourth-order valence-corrected chi connectivity index (χ4v) is 3.58. The van der Waals surface area contributed by atoms with Gasteiger partial charge in [0.15, 0.2) is 6.29 Å². The molecular formula is C19H19NOS. The first-order valence-electron chi connectivity index (χ1n) is 7.44. The Bertz CT molecular complexity index is 848. The summed E-state index contributed by atoms with van der Waals surface area (Å²) in [6.07, 6.45) is 2.93. The van der Waals surface area contributed by atoms with Gasteiger partial charge in [0.2, 0.25) is 0 Å². The Hall–Kier alpha value is -2.00. The Balaban J connectivity index is 2.30. The highest BCUT2D eigenvalue weighted by Gasteiger charge is 2.15. The highest BCUT2D eigenvalue weighted by atomic mass is 32.2. The number of hydrogen-bond donors (Lipinski definition) is 0. The summed E-state index contributed by atoms with van der Waals surface area (Å²) in [6.45, 7) is 6.30. The van der Waals surface area contributed by atoms with E-state index >= 15 is 0 Å². The second-order valence-electron chi connectivity index (χ2n) is 5.49. The number of carbonyl (C=O) groups excluding carboxylic acids is 1. The monoisotopic (exact) mass is 309 g/mol. The van der Waals surface area contributed by atoms with Gasteiger partial charge in [0.05, 0.1) is 5.69 Å². The van der Waals surface area contributed by atoms with Crippen LogP contribution >= 0.6 is 11.8 Å². The molecule has 112 valence electrons. The molecule has 0 fully saturated rings. The average Bonchev–Trinajstić information content (AvgIpc) is 2.86. The van der Waals surface area contributed by atoms with Crippen LogP contribution in [-0.4, -0.2) is 16.4 Å². The number of rotatable bonds is 4. The normalized spacial score (nSPS) is 11.0. The number of aldehydes is 1. The highest BCUT2D eigenvalue weighted by Crippen LogP contribution is 2.35. The molecule has 0 radical (unpaired) electrons. The minimum absolute atomic E-state index is 0.721. The van der Waals surface area contributed by atoms with E-state index in [0.29, 0.717) is 0 Å². The van der Waals surface area contributed by atoms with Crippen LogP contribution in [0.3, 0.4) is 0 Å². The molecule has 2 nitrogen and oxygen atoms in total. The molecule has 2 heterocycles. The fourth-order valence-electron chi connectivity index (χ4n) is 2.78. The number of hydrogen-bond acceptors (Lipinski definition) is 2. The number of carbonyl (C=O) groups is 1. The first-order chi connectivity index (χ1) is 10.6. The number of pyridine rings is 1. The molecule has 2 aromatic heterocycles. The maximum Gasteiger partial charge on any atom is 0.167 e. The van der Waals surface area contributed by atoms with Crippen molar-refractivity contribution in [2.75, 3.05) is 5.75 Å². The molecule has 0 amide bonds. The molecule has 3 aromatic rings. The van der Waals surface area contributed by atoms with Crippen molar-refractivity contribution in [3.8, 4) is 11.1 Å². The Kier molecular flexibility index (Phi) is 4.08. The third-order valence-corrected chi connectivity index (χ3v) is 4.76. The molecule has 0 saturated carbocycles. The topological polar surface area (TPSA) is 21.5 Å². The Morgan fingerprint density at radius 2 is 1.82 bits per heavy atom. The maximum atomic E-state index is 11.7. The van der Waals surface area contributed by atoms with Crippen molar-refractivity contribution in [2.24, 2.45) is 0 Å². The van der Waals surface area contributed by atoms with E-state index in [1.54, 1.807) is 0 Å². The standard InChI is InChI=1S/C19H19NOS/c1-4-22-19-6-5-13(2)10-17(19)16-11-15-9-14(3)7-8-20(15)18(16)12-21/h5-12H,4H2,1-3H3. The Morgan fingerprint density at radius 1 is 1.05 bits per heavy atom. The van der Waals surface area contributed by atoms with Crippen molar-refractivity contribution in [1.29, 1.82) is 0 Å². The molecule has 0 atom stereocenters. The molecular weight excluding hydrogens is 290 g/mol. The Labute approximate surface area is 135 Å². The number of aromatic nitrogens is 1. The van der Waals surface area contributed by atoms with Crippen LogP contribution in [0.25, 0.3) is 16.6 Å². The largest absolute Gasteiger partial charge is 0.314 e. The van der Waals surface area contributed by atoms with Crippen molar-refractivity contribution in [2.45, 2.75) is 25.7 Å². The number of aryl methyl sites for hydroxylation is 2. The van der Waals surface area contributed by atoms with Gasteiger partial charge in [0.1, 0.15) is 0 Å². The quantitative estimate of drug-likeness (QED) is 0.491. The minimum Gasteiger partial charge on any atom is -0.314 e. The summed E-state index contributed by atoms with van der Waals surface area (Å²) in [5.41, 5.74) is 6.35. The van der Waals surface area contributed by atoms with Crippen molar-refractivity contribution in [3.63, 3.8) is 0 Å². The lowest BCUT2D eigenvalue weighted by molar-refractivity contribution is 0.111. The van der Waals surface area contributed by atoms with Gasteiger partial charge >= 0.3 is 0 Å². The lowest BCUT2D eigenvalue weighted by Gasteiger charge is -2.09. The molecule has 3 rings (SSSR count). The van der Waals surface area contributed by atoms with Gasteiger partial charge in [-0.15, -0.1) is 11.8 Å². The van der Waals surface area contributed by atoms with Gasteiger partial charge in [-0.05, 0) is 55.0 Å². The molecule has 0 saturated heterocycles. The summed E-state index contributed by atoms with van der Waals surface area (Å²) < 4.78 is 1.97. The molecule has 0 spiro atoms. The molecule has 0 aliphatic carbocycles. The first-order valence-corrected chi connectivity index (χ1v) is 8.43. The maximum absolute atomic E-state index is 11.7. The molecule has 0 N–H and O–H groups in total. The predicted octanol–water partition coefficient (Wildman–Crippen LogP) is 5.15. The Morgan fingerprint density at radius 3 is 2.55 bits per heavy atom. The number of benzene rings is 1. The second-order valence-corrected chi connectivity index (χ2v) is 6.80. The van der Waals surface area contributed by atoms with Crippen LogP contribution in [0.2, 0.25) is 0 Å².